The first-order valence-corrected chi connectivity index (χ1v) is 9.96. The molecule has 0 saturated carbocycles. The van der Waals surface area contributed by atoms with Crippen molar-refractivity contribution < 1.29 is 14.2 Å². The Balaban J connectivity index is 0.00000392. The van der Waals surface area contributed by atoms with Crippen LogP contribution in [0.15, 0.2) is 23.2 Å². The van der Waals surface area contributed by atoms with Gasteiger partial charge in [-0.05, 0) is 56.2 Å². The van der Waals surface area contributed by atoms with E-state index in [0.717, 1.165) is 62.6 Å². The summed E-state index contributed by atoms with van der Waals surface area (Å²) in [6.45, 7) is 6.56. The molecule has 7 heteroatoms. The van der Waals surface area contributed by atoms with Crippen molar-refractivity contribution >= 4 is 29.9 Å². The summed E-state index contributed by atoms with van der Waals surface area (Å²) in [5, 5.41) is 3.40. The molecule has 28 heavy (non-hydrogen) atoms. The minimum atomic E-state index is 0. The molecule has 0 spiro atoms. The van der Waals surface area contributed by atoms with Gasteiger partial charge in [0.15, 0.2) is 17.5 Å². The van der Waals surface area contributed by atoms with Gasteiger partial charge < -0.3 is 24.4 Å². The molecule has 0 atom stereocenters. The standard InChI is InChI=1S/C21H35N3O3.HI/c1-5-22-21(24(2)13-9-17-10-14-27-15-11-17)23-12-8-18-6-7-19(25-3)20(16-18)26-4;/h6-7,16-17H,5,8-15H2,1-4H3,(H,22,23);1H. The second-order valence-corrected chi connectivity index (χ2v) is 6.94. The third-order valence-electron chi connectivity index (χ3n) is 5.02. The van der Waals surface area contributed by atoms with Crippen LogP contribution in [0.4, 0.5) is 0 Å². The fourth-order valence-corrected chi connectivity index (χ4v) is 3.31. The molecule has 2 rings (SSSR count). The van der Waals surface area contributed by atoms with Gasteiger partial charge in [-0.3, -0.25) is 4.99 Å². The summed E-state index contributed by atoms with van der Waals surface area (Å²) >= 11 is 0. The lowest BCUT2D eigenvalue weighted by molar-refractivity contribution is 0.0625. The molecular formula is C21H36IN3O3. The molecule has 0 aromatic heterocycles. The van der Waals surface area contributed by atoms with E-state index in [9.17, 15) is 0 Å². The number of rotatable bonds is 9. The maximum Gasteiger partial charge on any atom is 0.193 e. The van der Waals surface area contributed by atoms with E-state index >= 15 is 0 Å². The van der Waals surface area contributed by atoms with E-state index in [0.29, 0.717) is 0 Å². The van der Waals surface area contributed by atoms with Crippen LogP contribution < -0.4 is 14.8 Å². The zero-order valence-electron chi connectivity index (χ0n) is 17.7. The third kappa shape index (κ3) is 8.03. The number of hydrogen-bond donors (Lipinski definition) is 1. The van der Waals surface area contributed by atoms with Crippen molar-refractivity contribution in [3.63, 3.8) is 0 Å². The lowest BCUT2D eigenvalue weighted by Crippen LogP contribution is -2.40. The fraction of sp³-hybridized carbons (Fsp3) is 0.667. The Hall–Kier alpha value is -1.22. The van der Waals surface area contributed by atoms with Crippen LogP contribution in [0.5, 0.6) is 11.5 Å². The van der Waals surface area contributed by atoms with Crippen molar-refractivity contribution in [1.82, 2.24) is 10.2 Å². The molecule has 1 aromatic rings. The van der Waals surface area contributed by atoms with Crippen LogP contribution in [0.3, 0.4) is 0 Å². The number of halogens is 1. The first kappa shape index (κ1) is 24.8. The number of aliphatic imine (C=N–C) groups is 1. The Kier molecular flexibility index (Phi) is 12.3. The summed E-state index contributed by atoms with van der Waals surface area (Å²) in [7, 11) is 5.44. The molecule has 0 unspecified atom stereocenters. The maximum atomic E-state index is 5.45. The summed E-state index contributed by atoms with van der Waals surface area (Å²) in [5.74, 6) is 3.27. The van der Waals surface area contributed by atoms with Crippen LogP contribution in [-0.2, 0) is 11.2 Å². The number of methoxy groups -OCH3 is 2. The van der Waals surface area contributed by atoms with Crippen molar-refractivity contribution in [1.29, 1.82) is 0 Å². The molecule has 160 valence electrons. The number of benzene rings is 1. The number of guanidine groups is 1. The zero-order chi connectivity index (χ0) is 19.5. The van der Waals surface area contributed by atoms with Gasteiger partial charge >= 0.3 is 0 Å². The molecular weight excluding hydrogens is 469 g/mol. The Bertz CT molecular complexity index is 592. The normalized spacial score (nSPS) is 14.9. The van der Waals surface area contributed by atoms with E-state index in [2.05, 4.69) is 30.3 Å². The summed E-state index contributed by atoms with van der Waals surface area (Å²) in [6.07, 6.45) is 4.42. The van der Waals surface area contributed by atoms with Crippen LogP contribution in [-0.4, -0.2) is 65.0 Å². The first-order chi connectivity index (χ1) is 13.2. The Morgan fingerprint density at radius 2 is 1.93 bits per heavy atom. The van der Waals surface area contributed by atoms with Crippen LogP contribution in [0.2, 0.25) is 0 Å². The first-order valence-electron chi connectivity index (χ1n) is 9.96. The topological polar surface area (TPSA) is 55.3 Å². The van der Waals surface area contributed by atoms with Crippen molar-refractivity contribution in [3.05, 3.63) is 23.8 Å². The highest BCUT2D eigenvalue weighted by molar-refractivity contribution is 14.0. The summed E-state index contributed by atoms with van der Waals surface area (Å²) in [5.41, 5.74) is 1.19. The highest BCUT2D eigenvalue weighted by atomic mass is 127. The van der Waals surface area contributed by atoms with Crippen LogP contribution in [0.25, 0.3) is 0 Å². The van der Waals surface area contributed by atoms with Gasteiger partial charge in [-0.25, -0.2) is 0 Å². The smallest absolute Gasteiger partial charge is 0.193 e. The SMILES string of the molecule is CCNC(=NCCc1ccc(OC)c(OC)c1)N(C)CCC1CCOCC1.I. The number of ether oxygens (including phenoxy) is 3. The van der Waals surface area contributed by atoms with Crippen molar-refractivity contribution in [2.75, 3.05) is 54.1 Å². The van der Waals surface area contributed by atoms with E-state index in [1.54, 1.807) is 14.2 Å². The monoisotopic (exact) mass is 505 g/mol. The summed E-state index contributed by atoms with van der Waals surface area (Å²) in [4.78, 5) is 7.05. The average molecular weight is 505 g/mol. The quantitative estimate of drug-likeness (QED) is 0.316. The number of hydrogen-bond acceptors (Lipinski definition) is 4. The van der Waals surface area contributed by atoms with Gasteiger partial charge in [0.1, 0.15) is 0 Å². The van der Waals surface area contributed by atoms with Gasteiger partial charge in [0.05, 0.1) is 14.2 Å². The maximum absolute atomic E-state index is 5.45. The zero-order valence-corrected chi connectivity index (χ0v) is 20.0. The largest absolute Gasteiger partial charge is 0.493 e. The molecule has 0 bridgehead atoms. The van der Waals surface area contributed by atoms with Gasteiger partial charge in [0.2, 0.25) is 0 Å². The van der Waals surface area contributed by atoms with Gasteiger partial charge in [-0.1, -0.05) is 6.07 Å². The van der Waals surface area contributed by atoms with Crippen LogP contribution in [0, 0.1) is 5.92 Å². The van der Waals surface area contributed by atoms with Crippen molar-refractivity contribution in [2.24, 2.45) is 10.9 Å². The molecule has 6 nitrogen and oxygen atoms in total. The lowest BCUT2D eigenvalue weighted by Gasteiger charge is -2.26. The molecule has 0 aliphatic carbocycles. The average Bonchev–Trinajstić information content (AvgIpc) is 2.72. The molecule has 1 N–H and O–H groups in total. The van der Waals surface area contributed by atoms with Crippen molar-refractivity contribution in [3.8, 4) is 11.5 Å². The second-order valence-electron chi connectivity index (χ2n) is 6.94. The molecule has 1 aromatic carbocycles. The predicted molar refractivity (Wildman–Crippen MR) is 125 cm³/mol. The molecule has 1 saturated heterocycles. The Labute approximate surface area is 187 Å². The molecule has 0 radical (unpaired) electrons. The van der Waals surface area contributed by atoms with E-state index in [-0.39, 0.29) is 24.0 Å². The number of nitrogens with zero attached hydrogens (tertiary/aromatic N) is 2. The number of nitrogens with one attached hydrogen (secondary N) is 1. The minimum Gasteiger partial charge on any atom is -0.493 e. The van der Waals surface area contributed by atoms with Crippen LogP contribution >= 0.6 is 24.0 Å². The second kappa shape index (κ2) is 13.9. The van der Waals surface area contributed by atoms with E-state index in [1.165, 1.54) is 24.8 Å². The van der Waals surface area contributed by atoms with E-state index in [1.807, 2.05) is 12.1 Å². The molecule has 1 aliphatic heterocycles. The highest BCUT2D eigenvalue weighted by Gasteiger charge is 2.15. The molecule has 0 amide bonds. The molecule has 1 heterocycles. The Morgan fingerprint density at radius 3 is 2.57 bits per heavy atom. The lowest BCUT2D eigenvalue weighted by atomic mass is 9.96. The van der Waals surface area contributed by atoms with Crippen molar-refractivity contribution in [2.45, 2.75) is 32.6 Å². The third-order valence-corrected chi connectivity index (χ3v) is 5.02. The van der Waals surface area contributed by atoms with E-state index in [4.69, 9.17) is 19.2 Å². The Morgan fingerprint density at radius 1 is 1.21 bits per heavy atom. The van der Waals surface area contributed by atoms with Gasteiger partial charge in [0.25, 0.3) is 0 Å². The molecule has 1 fully saturated rings. The predicted octanol–water partition coefficient (Wildman–Crippen LogP) is 3.58. The van der Waals surface area contributed by atoms with E-state index < -0.39 is 0 Å². The summed E-state index contributed by atoms with van der Waals surface area (Å²) in [6, 6.07) is 6.04. The highest BCUT2D eigenvalue weighted by Crippen LogP contribution is 2.27. The van der Waals surface area contributed by atoms with Gasteiger partial charge in [-0.2, -0.15) is 0 Å². The van der Waals surface area contributed by atoms with Gasteiger partial charge in [-0.15, -0.1) is 24.0 Å². The fourth-order valence-electron chi connectivity index (χ4n) is 3.31. The molecule has 1 aliphatic rings. The van der Waals surface area contributed by atoms with Crippen LogP contribution in [0.1, 0.15) is 31.7 Å². The minimum absolute atomic E-state index is 0. The van der Waals surface area contributed by atoms with Gasteiger partial charge in [0, 0.05) is 39.9 Å². The summed E-state index contributed by atoms with van der Waals surface area (Å²) < 4.78 is 16.1.